The molecule has 0 spiro atoms. The molecular weight excluding hydrogens is 300 g/mol. The number of amides is 1. The Morgan fingerprint density at radius 1 is 1.32 bits per heavy atom. The first-order valence-electron chi connectivity index (χ1n) is 7.23. The van der Waals surface area contributed by atoms with Gasteiger partial charge in [0, 0.05) is 29.7 Å². The quantitative estimate of drug-likeness (QED) is 0.868. The molecule has 0 aliphatic carbocycles. The standard InChI is InChI=1S/C16H18N2O3S/c1-12-11-22-16(17-12)13-2-4-14(5-3-13)21-10-15(19)18-6-8-20-9-7-18/h2-5,11H,6-10H2,1H3. The monoisotopic (exact) mass is 318 g/mol. The summed E-state index contributed by atoms with van der Waals surface area (Å²) >= 11 is 1.62. The van der Waals surface area contributed by atoms with Crippen LogP contribution in [-0.4, -0.2) is 48.7 Å². The van der Waals surface area contributed by atoms with Crippen LogP contribution in [0.2, 0.25) is 0 Å². The lowest BCUT2D eigenvalue weighted by Crippen LogP contribution is -2.42. The fraction of sp³-hybridized carbons (Fsp3) is 0.375. The van der Waals surface area contributed by atoms with E-state index in [4.69, 9.17) is 9.47 Å². The minimum Gasteiger partial charge on any atom is -0.484 e. The van der Waals surface area contributed by atoms with Crippen LogP contribution < -0.4 is 4.74 Å². The Morgan fingerprint density at radius 2 is 2.05 bits per heavy atom. The second-order valence-electron chi connectivity index (χ2n) is 5.10. The Morgan fingerprint density at radius 3 is 2.68 bits per heavy atom. The maximum atomic E-state index is 12.0. The van der Waals surface area contributed by atoms with Gasteiger partial charge in [-0.2, -0.15) is 0 Å². The maximum Gasteiger partial charge on any atom is 0.260 e. The summed E-state index contributed by atoms with van der Waals surface area (Å²) in [4.78, 5) is 18.2. The van der Waals surface area contributed by atoms with Crippen molar-refractivity contribution >= 4 is 17.2 Å². The Hall–Kier alpha value is -1.92. The van der Waals surface area contributed by atoms with Crippen molar-refractivity contribution in [2.45, 2.75) is 6.92 Å². The van der Waals surface area contributed by atoms with E-state index < -0.39 is 0 Å². The number of benzene rings is 1. The van der Waals surface area contributed by atoms with Crippen molar-refractivity contribution in [1.29, 1.82) is 0 Å². The van der Waals surface area contributed by atoms with E-state index in [-0.39, 0.29) is 12.5 Å². The van der Waals surface area contributed by atoms with Crippen LogP contribution in [0.3, 0.4) is 0 Å². The predicted molar refractivity (Wildman–Crippen MR) is 85.2 cm³/mol. The Labute approximate surface area is 133 Å². The van der Waals surface area contributed by atoms with Crippen LogP contribution in [-0.2, 0) is 9.53 Å². The third-order valence-electron chi connectivity index (χ3n) is 3.45. The number of carbonyl (C=O) groups excluding carboxylic acids is 1. The molecule has 0 radical (unpaired) electrons. The molecule has 1 fully saturated rings. The number of ether oxygens (including phenoxy) is 2. The SMILES string of the molecule is Cc1csc(-c2ccc(OCC(=O)N3CCOCC3)cc2)n1. The van der Waals surface area contributed by atoms with Crippen LogP contribution in [0.1, 0.15) is 5.69 Å². The second-order valence-corrected chi connectivity index (χ2v) is 5.96. The first kappa shape index (κ1) is 15.0. The highest BCUT2D eigenvalue weighted by Crippen LogP contribution is 2.25. The molecule has 1 aliphatic heterocycles. The molecule has 1 aromatic carbocycles. The van der Waals surface area contributed by atoms with E-state index in [1.165, 1.54) is 0 Å². The van der Waals surface area contributed by atoms with Crippen molar-refractivity contribution < 1.29 is 14.3 Å². The van der Waals surface area contributed by atoms with Gasteiger partial charge in [0.1, 0.15) is 10.8 Å². The fourth-order valence-corrected chi connectivity index (χ4v) is 3.03. The number of morpholine rings is 1. The lowest BCUT2D eigenvalue weighted by molar-refractivity contribution is -0.137. The molecule has 1 amide bonds. The van der Waals surface area contributed by atoms with Crippen molar-refractivity contribution in [3.8, 4) is 16.3 Å². The molecule has 0 unspecified atom stereocenters. The van der Waals surface area contributed by atoms with Gasteiger partial charge in [0.25, 0.3) is 5.91 Å². The van der Waals surface area contributed by atoms with E-state index in [0.29, 0.717) is 32.1 Å². The molecule has 0 N–H and O–H groups in total. The van der Waals surface area contributed by atoms with E-state index in [2.05, 4.69) is 4.98 Å². The molecule has 1 saturated heterocycles. The lowest BCUT2D eigenvalue weighted by atomic mass is 10.2. The van der Waals surface area contributed by atoms with E-state index in [1.807, 2.05) is 36.6 Å². The Balaban J connectivity index is 1.56. The summed E-state index contributed by atoms with van der Waals surface area (Å²) < 4.78 is 10.8. The molecule has 1 aromatic heterocycles. The molecule has 2 heterocycles. The zero-order valence-electron chi connectivity index (χ0n) is 12.4. The normalized spacial score (nSPS) is 14.9. The molecule has 6 heteroatoms. The highest BCUT2D eigenvalue weighted by atomic mass is 32.1. The number of rotatable bonds is 4. The first-order chi connectivity index (χ1) is 10.7. The topological polar surface area (TPSA) is 51.7 Å². The summed E-state index contributed by atoms with van der Waals surface area (Å²) in [7, 11) is 0. The van der Waals surface area contributed by atoms with Gasteiger partial charge in [0.05, 0.1) is 13.2 Å². The van der Waals surface area contributed by atoms with Crippen molar-refractivity contribution in [1.82, 2.24) is 9.88 Å². The minimum absolute atomic E-state index is 0.00271. The summed E-state index contributed by atoms with van der Waals surface area (Å²) in [5.74, 6) is 0.696. The molecule has 5 nitrogen and oxygen atoms in total. The average Bonchev–Trinajstić information content (AvgIpc) is 3.00. The smallest absolute Gasteiger partial charge is 0.260 e. The van der Waals surface area contributed by atoms with Crippen LogP contribution >= 0.6 is 11.3 Å². The predicted octanol–water partition coefficient (Wildman–Crippen LogP) is 2.36. The fourth-order valence-electron chi connectivity index (χ4n) is 2.23. The Kier molecular flexibility index (Phi) is 4.70. The molecule has 1 aliphatic rings. The molecular formula is C16H18N2O3S. The number of aryl methyl sites for hydroxylation is 1. The van der Waals surface area contributed by atoms with Gasteiger partial charge >= 0.3 is 0 Å². The number of aromatic nitrogens is 1. The molecule has 116 valence electrons. The highest BCUT2D eigenvalue weighted by molar-refractivity contribution is 7.13. The first-order valence-corrected chi connectivity index (χ1v) is 8.11. The lowest BCUT2D eigenvalue weighted by Gasteiger charge is -2.26. The van der Waals surface area contributed by atoms with Gasteiger partial charge in [-0.1, -0.05) is 0 Å². The van der Waals surface area contributed by atoms with Gasteiger partial charge in [-0.25, -0.2) is 4.98 Å². The van der Waals surface area contributed by atoms with Gasteiger partial charge in [0.15, 0.2) is 6.61 Å². The molecule has 0 atom stereocenters. The number of hydrogen-bond acceptors (Lipinski definition) is 5. The third kappa shape index (κ3) is 3.64. The largest absolute Gasteiger partial charge is 0.484 e. The minimum atomic E-state index is 0.00271. The van der Waals surface area contributed by atoms with Gasteiger partial charge in [0.2, 0.25) is 0 Å². The number of hydrogen-bond donors (Lipinski definition) is 0. The van der Waals surface area contributed by atoms with Crippen molar-refractivity contribution in [2.24, 2.45) is 0 Å². The van der Waals surface area contributed by atoms with Crippen LogP contribution in [0.5, 0.6) is 5.75 Å². The van der Waals surface area contributed by atoms with E-state index >= 15 is 0 Å². The summed E-state index contributed by atoms with van der Waals surface area (Å²) in [5.41, 5.74) is 2.08. The second kappa shape index (κ2) is 6.89. The van der Waals surface area contributed by atoms with E-state index in [1.54, 1.807) is 16.2 Å². The number of thiazole rings is 1. The summed E-state index contributed by atoms with van der Waals surface area (Å²) in [5, 5.41) is 3.02. The number of nitrogens with zero attached hydrogens (tertiary/aromatic N) is 2. The van der Waals surface area contributed by atoms with Crippen molar-refractivity contribution in [3.63, 3.8) is 0 Å². The van der Waals surface area contributed by atoms with Crippen molar-refractivity contribution in [2.75, 3.05) is 32.9 Å². The summed E-state index contributed by atoms with van der Waals surface area (Å²) in [6.07, 6.45) is 0. The molecule has 22 heavy (non-hydrogen) atoms. The van der Waals surface area contributed by atoms with Gasteiger partial charge < -0.3 is 14.4 Å². The zero-order valence-corrected chi connectivity index (χ0v) is 13.3. The molecule has 2 aromatic rings. The van der Waals surface area contributed by atoms with E-state index in [9.17, 15) is 4.79 Å². The van der Waals surface area contributed by atoms with Crippen molar-refractivity contribution in [3.05, 3.63) is 35.3 Å². The van der Waals surface area contributed by atoms with Crippen LogP contribution in [0.15, 0.2) is 29.6 Å². The Bertz CT molecular complexity index is 633. The highest BCUT2D eigenvalue weighted by Gasteiger charge is 2.17. The maximum absolute atomic E-state index is 12.0. The van der Waals surface area contributed by atoms with E-state index in [0.717, 1.165) is 16.3 Å². The summed E-state index contributed by atoms with van der Waals surface area (Å²) in [6.45, 7) is 4.54. The average molecular weight is 318 g/mol. The van der Waals surface area contributed by atoms with Crippen LogP contribution in [0, 0.1) is 6.92 Å². The van der Waals surface area contributed by atoms with Gasteiger partial charge in [-0.3, -0.25) is 4.79 Å². The number of carbonyl (C=O) groups is 1. The van der Waals surface area contributed by atoms with Crippen LogP contribution in [0.4, 0.5) is 0 Å². The van der Waals surface area contributed by atoms with Gasteiger partial charge in [-0.15, -0.1) is 11.3 Å². The van der Waals surface area contributed by atoms with Crippen LogP contribution in [0.25, 0.3) is 10.6 Å². The molecule has 3 rings (SSSR count). The zero-order chi connectivity index (χ0) is 15.4. The van der Waals surface area contributed by atoms with Gasteiger partial charge in [-0.05, 0) is 31.2 Å². The molecule has 0 saturated carbocycles. The molecule has 0 bridgehead atoms. The summed E-state index contributed by atoms with van der Waals surface area (Å²) in [6, 6.07) is 7.68. The third-order valence-corrected chi connectivity index (χ3v) is 4.46.